The maximum absolute atomic E-state index is 12.8. The number of unbranched alkanes of at least 4 members (excludes halogenated alkanes) is 14. The Labute approximate surface area is 509 Å². The van der Waals surface area contributed by atoms with E-state index in [9.17, 15) is 14.4 Å². The van der Waals surface area contributed by atoms with Gasteiger partial charge in [0.25, 0.3) is 0 Å². The molecule has 0 aromatic rings. The average molecular weight is 1140 g/mol. The highest BCUT2D eigenvalue weighted by Crippen LogP contribution is 2.14. The molecule has 0 rings (SSSR count). The second-order valence-corrected chi connectivity index (χ2v) is 20.9. The Morgan fingerprint density at radius 2 is 0.470 bits per heavy atom. The first kappa shape index (κ1) is 77.2. The Morgan fingerprint density at radius 3 is 0.759 bits per heavy atom. The van der Waals surface area contributed by atoms with Gasteiger partial charge < -0.3 is 14.2 Å². The first-order valence-corrected chi connectivity index (χ1v) is 32.9. The Morgan fingerprint density at radius 1 is 0.253 bits per heavy atom. The summed E-state index contributed by atoms with van der Waals surface area (Å²) in [5.41, 5.74) is 0. The molecule has 0 aliphatic heterocycles. The predicted octanol–water partition coefficient (Wildman–Crippen LogP) is 23.0. The molecule has 6 nitrogen and oxygen atoms in total. The monoisotopic (exact) mass is 1140 g/mol. The van der Waals surface area contributed by atoms with Crippen molar-refractivity contribution in [1.29, 1.82) is 0 Å². The highest BCUT2D eigenvalue weighted by molar-refractivity contribution is 5.71. The molecule has 0 aromatic heterocycles. The van der Waals surface area contributed by atoms with Crippen molar-refractivity contribution in [3.8, 4) is 0 Å². The Bertz CT molecular complexity index is 1990. The lowest BCUT2D eigenvalue weighted by Gasteiger charge is -2.18. The Hall–Kier alpha value is -5.75. The standard InChI is InChI=1S/C77H118O6/c1-4-7-10-13-15-17-19-21-23-25-27-29-31-33-35-36-37-38-39-40-42-43-45-47-49-51-53-55-57-59-61-64-67-70-76(79)82-73-74(72-81-75(78)69-66-63-12-9-6-3)83-77(80)71-68-65-62-60-58-56-54-52-50-48-46-44-41-34-32-30-28-26-24-22-20-18-16-14-11-8-5-2/h7-8,10-11,15-18,21-24,27-30,33-35,37-38,40-42,45-48,51,53,57,59,74H,4-6,9,12-14,19-20,25-26,31-32,36,39,43-44,49-50,52,54-56,58,60-73H2,1-3H3/b10-7-,11-8-,17-15-,18-16-,23-21-,24-22-,29-27-,30-28-,35-33-,38-37-,41-34-,42-40-,47-45-,48-46-,53-51-,59-57-. The zero-order valence-corrected chi connectivity index (χ0v) is 52.9. The molecule has 0 aliphatic rings. The maximum atomic E-state index is 12.8. The summed E-state index contributed by atoms with van der Waals surface area (Å²) in [5.74, 6) is -0.983. The van der Waals surface area contributed by atoms with Gasteiger partial charge in [-0.05, 0) is 148 Å². The van der Waals surface area contributed by atoms with E-state index in [2.05, 4.69) is 215 Å². The van der Waals surface area contributed by atoms with Crippen LogP contribution in [0.25, 0.3) is 0 Å². The summed E-state index contributed by atoms with van der Waals surface area (Å²) < 4.78 is 16.7. The average Bonchev–Trinajstić information content (AvgIpc) is 3.49. The molecule has 0 fully saturated rings. The smallest absolute Gasteiger partial charge is 0.306 e. The van der Waals surface area contributed by atoms with Crippen LogP contribution < -0.4 is 0 Å². The molecule has 0 saturated carbocycles. The van der Waals surface area contributed by atoms with Gasteiger partial charge in [0.1, 0.15) is 13.2 Å². The third-order valence-corrected chi connectivity index (χ3v) is 13.1. The van der Waals surface area contributed by atoms with Crippen LogP contribution in [0.1, 0.15) is 252 Å². The zero-order valence-electron chi connectivity index (χ0n) is 52.9. The summed E-state index contributed by atoms with van der Waals surface area (Å²) >= 11 is 0. The topological polar surface area (TPSA) is 78.9 Å². The third kappa shape index (κ3) is 66.9. The first-order chi connectivity index (χ1) is 41.0. The number of carbonyl (C=O) groups is 3. The minimum absolute atomic E-state index is 0.105. The van der Waals surface area contributed by atoms with E-state index in [1.54, 1.807) is 0 Å². The molecule has 0 radical (unpaired) electrons. The molecule has 0 aromatic carbocycles. The highest BCUT2D eigenvalue weighted by Gasteiger charge is 2.19. The molecular formula is C77H118O6. The largest absolute Gasteiger partial charge is 0.462 e. The van der Waals surface area contributed by atoms with Crippen molar-refractivity contribution in [3.63, 3.8) is 0 Å². The van der Waals surface area contributed by atoms with Crippen molar-refractivity contribution in [2.75, 3.05) is 13.2 Å². The minimum Gasteiger partial charge on any atom is -0.462 e. The van der Waals surface area contributed by atoms with Crippen LogP contribution in [0.2, 0.25) is 0 Å². The molecule has 0 aliphatic carbocycles. The van der Waals surface area contributed by atoms with Crippen molar-refractivity contribution in [2.45, 2.75) is 258 Å². The van der Waals surface area contributed by atoms with E-state index < -0.39 is 6.10 Å². The Kier molecular flexibility index (Phi) is 64.0. The fourth-order valence-corrected chi connectivity index (χ4v) is 8.24. The molecule has 1 atom stereocenters. The van der Waals surface area contributed by atoms with Crippen LogP contribution in [0.4, 0.5) is 0 Å². The fourth-order valence-electron chi connectivity index (χ4n) is 8.24. The number of allylic oxidation sites excluding steroid dienone is 32. The van der Waals surface area contributed by atoms with Gasteiger partial charge in [-0.3, -0.25) is 14.4 Å². The van der Waals surface area contributed by atoms with Crippen molar-refractivity contribution in [1.82, 2.24) is 0 Å². The number of carbonyl (C=O) groups excluding carboxylic acids is 3. The lowest BCUT2D eigenvalue weighted by molar-refractivity contribution is -0.167. The summed E-state index contributed by atoms with van der Waals surface area (Å²) in [7, 11) is 0. The van der Waals surface area contributed by atoms with Gasteiger partial charge in [0.05, 0.1) is 0 Å². The van der Waals surface area contributed by atoms with Crippen LogP contribution in [0.5, 0.6) is 0 Å². The predicted molar refractivity (Wildman–Crippen MR) is 361 cm³/mol. The van der Waals surface area contributed by atoms with Crippen LogP contribution in [0, 0.1) is 0 Å². The van der Waals surface area contributed by atoms with Crippen LogP contribution in [-0.4, -0.2) is 37.2 Å². The Balaban J connectivity index is 4.21. The molecule has 0 bridgehead atoms. The van der Waals surface area contributed by atoms with E-state index >= 15 is 0 Å². The molecule has 0 heterocycles. The first-order valence-electron chi connectivity index (χ1n) is 32.9. The molecule has 1 unspecified atom stereocenters. The number of ether oxygens (including phenoxy) is 3. The lowest BCUT2D eigenvalue weighted by Crippen LogP contribution is -2.30. The van der Waals surface area contributed by atoms with Gasteiger partial charge in [-0.1, -0.05) is 279 Å². The molecule has 0 amide bonds. The summed E-state index contributed by atoms with van der Waals surface area (Å²) in [6, 6.07) is 0. The van der Waals surface area contributed by atoms with Crippen LogP contribution in [0.3, 0.4) is 0 Å². The summed E-state index contributed by atoms with van der Waals surface area (Å²) in [6.07, 6.45) is 105. The third-order valence-electron chi connectivity index (χ3n) is 13.1. The van der Waals surface area contributed by atoms with Crippen molar-refractivity contribution >= 4 is 17.9 Å². The van der Waals surface area contributed by atoms with Crippen LogP contribution in [-0.2, 0) is 28.6 Å². The number of esters is 3. The van der Waals surface area contributed by atoms with E-state index in [1.165, 1.54) is 32.1 Å². The summed E-state index contributed by atoms with van der Waals surface area (Å²) in [6.45, 7) is 6.27. The van der Waals surface area contributed by atoms with Crippen LogP contribution >= 0.6 is 0 Å². The second kappa shape index (κ2) is 68.7. The van der Waals surface area contributed by atoms with Gasteiger partial charge in [0, 0.05) is 19.3 Å². The van der Waals surface area contributed by atoms with Crippen molar-refractivity contribution < 1.29 is 28.6 Å². The van der Waals surface area contributed by atoms with Gasteiger partial charge >= 0.3 is 17.9 Å². The fraction of sp³-hybridized carbons (Fsp3) is 0.545. The van der Waals surface area contributed by atoms with Gasteiger partial charge in [-0.2, -0.15) is 0 Å². The molecule has 462 valence electrons. The second-order valence-electron chi connectivity index (χ2n) is 20.9. The molecule has 0 saturated heterocycles. The van der Waals surface area contributed by atoms with Gasteiger partial charge in [-0.25, -0.2) is 0 Å². The SMILES string of the molecule is CC/C=C\C/C=C\C/C=C\C/C=C\C/C=C\C/C=C\C/C=C\C/C=C\C/C=C\C/C=C\CCCCC(=O)OCC(COC(=O)CCCCCCC)OC(=O)CCCCCCCCCC/C=C\C/C=C\C/C=C\C/C=C\C/C=C\C/C=C\CC. The summed E-state index contributed by atoms with van der Waals surface area (Å²) in [4.78, 5) is 38.0. The van der Waals surface area contributed by atoms with Crippen molar-refractivity contribution in [3.05, 3.63) is 194 Å². The zero-order chi connectivity index (χ0) is 59.9. The molecular weight excluding hydrogens is 1020 g/mol. The van der Waals surface area contributed by atoms with E-state index in [0.717, 1.165) is 173 Å². The van der Waals surface area contributed by atoms with Crippen molar-refractivity contribution in [2.24, 2.45) is 0 Å². The summed E-state index contributed by atoms with van der Waals surface area (Å²) in [5, 5.41) is 0. The molecule has 83 heavy (non-hydrogen) atoms. The van der Waals surface area contributed by atoms with Crippen LogP contribution in [0.15, 0.2) is 194 Å². The van der Waals surface area contributed by atoms with E-state index in [-0.39, 0.29) is 31.1 Å². The molecule has 6 heteroatoms. The molecule has 0 spiro atoms. The van der Waals surface area contributed by atoms with E-state index in [4.69, 9.17) is 14.2 Å². The minimum atomic E-state index is -0.809. The number of hydrogen-bond acceptors (Lipinski definition) is 6. The highest BCUT2D eigenvalue weighted by atomic mass is 16.6. The number of rotatable bonds is 57. The maximum Gasteiger partial charge on any atom is 0.306 e. The van der Waals surface area contributed by atoms with Gasteiger partial charge in [-0.15, -0.1) is 0 Å². The van der Waals surface area contributed by atoms with E-state index in [1.807, 2.05) is 0 Å². The van der Waals surface area contributed by atoms with Gasteiger partial charge in [0.15, 0.2) is 6.10 Å². The van der Waals surface area contributed by atoms with E-state index in [0.29, 0.717) is 25.7 Å². The normalized spacial score (nSPS) is 13.4. The van der Waals surface area contributed by atoms with Gasteiger partial charge in [0.2, 0.25) is 0 Å². The number of hydrogen-bond donors (Lipinski definition) is 0. The molecule has 0 N–H and O–H groups in total. The lowest BCUT2D eigenvalue weighted by atomic mass is 10.1. The quantitative estimate of drug-likeness (QED) is 0.0261.